The number of ether oxygens (including phenoxy) is 1. The van der Waals surface area contributed by atoms with Crippen molar-refractivity contribution < 1.29 is 19.4 Å². The molecular formula is C15H19NO4. The molecule has 1 atom stereocenters. The zero-order chi connectivity index (χ0) is 14.8. The SMILES string of the molecule is Cc1cccc(OCC(=O)N2CC[C@@](C)(C(=O)O)C2)c1. The maximum absolute atomic E-state index is 12.0. The molecule has 1 aromatic rings. The van der Waals surface area contributed by atoms with E-state index in [4.69, 9.17) is 9.84 Å². The van der Waals surface area contributed by atoms with Crippen LogP contribution in [0.25, 0.3) is 0 Å². The molecule has 1 aromatic carbocycles. The van der Waals surface area contributed by atoms with Crippen molar-refractivity contribution in [3.05, 3.63) is 29.8 Å². The van der Waals surface area contributed by atoms with Crippen LogP contribution in [0.15, 0.2) is 24.3 Å². The van der Waals surface area contributed by atoms with Gasteiger partial charge in [0.25, 0.3) is 5.91 Å². The number of aliphatic carboxylic acids is 1. The molecule has 5 nitrogen and oxygen atoms in total. The van der Waals surface area contributed by atoms with E-state index in [0.29, 0.717) is 18.7 Å². The molecule has 0 spiro atoms. The van der Waals surface area contributed by atoms with Gasteiger partial charge in [0, 0.05) is 13.1 Å². The number of hydrogen-bond acceptors (Lipinski definition) is 3. The molecule has 0 radical (unpaired) electrons. The van der Waals surface area contributed by atoms with E-state index in [0.717, 1.165) is 5.56 Å². The number of aryl methyl sites for hydroxylation is 1. The first-order valence-corrected chi connectivity index (χ1v) is 6.61. The van der Waals surface area contributed by atoms with Crippen LogP contribution in [0, 0.1) is 12.3 Å². The second-order valence-electron chi connectivity index (χ2n) is 5.54. The van der Waals surface area contributed by atoms with E-state index in [9.17, 15) is 9.59 Å². The third kappa shape index (κ3) is 3.10. The average molecular weight is 277 g/mol. The van der Waals surface area contributed by atoms with Gasteiger partial charge in [0.2, 0.25) is 0 Å². The number of nitrogens with zero attached hydrogens (tertiary/aromatic N) is 1. The highest BCUT2D eigenvalue weighted by atomic mass is 16.5. The van der Waals surface area contributed by atoms with Gasteiger partial charge >= 0.3 is 5.97 Å². The lowest BCUT2D eigenvalue weighted by atomic mass is 9.90. The maximum atomic E-state index is 12.0. The summed E-state index contributed by atoms with van der Waals surface area (Å²) in [5, 5.41) is 9.14. The number of likely N-dealkylation sites (tertiary alicyclic amines) is 1. The lowest BCUT2D eigenvalue weighted by molar-refractivity contribution is -0.147. The molecule has 1 amide bonds. The summed E-state index contributed by atoms with van der Waals surface area (Å²) < 4.78 is 5.45. The van der Waals surface area contributed by atoms with Crippen LogP contribution in [0.5, 0.6) is 5.75 Å². The van der Waals surface area contributed by atoms with Gasteiger partial charge in [-0.25, -0.2) is 0 Å². The van der Waals surface area contributed by atoms with E-state index in [1.807, 2.05) is 25.1 Å². The Bertz CT molecular complexity index is 528. The molecule has 0 unspecified atom stereocenters. The first kappa shape index (κ1) is 14.4. The van der Waals surface area contributed by atoms with Crippen LogP contribution in [0.3, 0.4) is 0 Å². The molecule has 1 fully saturated rings. The molecule has 1 aliphatic heterocycles. The molecule has 1 heterocycles. The van der Waals surface area contributed by atoms with Crippen LogP contribution in [0.4, 0.5) is 0 Å². The maximum Gasteiger partial charge on any atom is 0.311 e. The highest BCUT2D eigenvalue weighted by Gasteiger charge is 2.42. The summed E-state index contributed by atoms with van der Waals surface area (Å²) >= 11 is 0. The zero-order valence-electron chi connectivity index (χ0n) is 11.8. The van der Waals surface area contributed by atoms with Crippen LogP contribution < -0.4 is 4.74 Å². The fraction of sp³-hybridized carbons (Fsp3) is 0.467. The van der Waals surface area contributed by atoms with Gasteiger partial charge in [0.15, 0.2) is 6.61 Å². The lowest BCUT2D eigenvalue weighted by Gasteiger charge is -2.20. The van der Waals surface area contributed by atoms with Gasteiger partial charge in [-0.05, 0) is 38.0 Å². The predicted octanol–water partition coefficient (Wildman–Crippen LogP) is 1.70. The average Bonchev–Trinajstić information content (AvgIpc) is 2.80. The van der Waals surface area contributed by atoms with Crippen LogP contribution in [-0.2, 0) is 9.59 Å². The third-order valence-electron chi connectivity index (χ3n) is 3.69. The van der Waals surface area contributed by atoms with Gasteiger partial charge in [-0.15, -0.1) is 0 Å². The quantitative estimate of drug-likeness (QED) is 0.909. The molecule has 1 aliphatic rings. The number of carboxylic acid groups (broad SMARTS) is 1. The molecule has 0 aliphatic carbocycles. The first-order valence-electron chi connectivity index (χ1n) is 6.61. The van der Waals surface area contributed by atoms with E-state index >= 15 is 0 Å². The number of carbonyl (C=O) groups excluding carboxylic acids is 1. The molecule has 2 rings (SSSR count). The number of rotatable bonds is 4. The van der Waals surface area contributed by atoms with E-state index in [2.05, 4.69) is 0 Å². The number of hydrogen-bond donors (Lipinski definition) is 1. The van der Waals surface area contributed by atoms with Crippen molar-refractivity contribution in [2.24, 2.45) is 5.41 Å². The summed E-state index contributed by atoms with van der Waals surface area (Å²) in [6, 6.07) is 7.48. The molecule has 1 saturated heterocycles. The fourth-order valence-corrected chi connectivity index (χ4v) is 2.29. The lowest BCUT2D eigenvalue weighted by Crippen LogP contribution is -2.37. The fourth-order valence-electron chi connectivity index (χ4n) is 2.29. The molecule has 108 valence electrons. The summed E-state index contributed by atoms with van der Waals surface area (Å²) in [5.41, 5.74) is 0.230. The Kier molecular flexibility index (Phi) is 3.97. The van der Waals surface area contributed by atoms with Crippen LogP contribution in [0.1, 0.15) is 18.9 Å². The van der Waals surface area contributed by atoms with E-state index in [1.54, 1.807) is 17.9 Å². The summed E-state index contributed by atoms with van der Waals surface area (Å²) in [6.45, 7) is 4.29. The van der Waals surface area contributed by atoms with Gasteiger partial charge in [0.05, 0.1) is 5.41 Å². The Morgan fingerprint density at radius 3 is 2.80 bits per heavy atom. The van der Waals surface area contributed by atoms with Gasteiger partial charge in [-0.2, -0.15) is 0 Å². The summed E-state index contributed by atoms with van der Waals surface area (Å²) in [4.78, 5) is 24.7. The Balaban J connectivity index is 1.89. The number of carboxylic acids is 1. The van der Waals surface area contributed by atoms with E-state index in [-0.39, 0.29) is 19.1 Å². The first-order chi connectivity index (χ1) is 9.40. The van der Waals surface area contributed by atoms with Crippen molar-refractivity contribution in [1.82, 2.24) is 4.90 Å². The van der Waals surface area contributed by atoms with Crippen molar-refractivity contribution in [1.29, 1.82) is 0 Å². The number of benzene rings is 1. The molecule has 0 bridgehead atoms. The van der Waals surface area contributed by atoms with Crippen LogP contribution in [0.2, 0.25) is 0 Å². The summed E-state index contributed by atoms with van der Waals surface area (Å²) in [6.07, 6.45) is 0.485. The van der Waals surface area contributed by atoms with Gasteiger partial charge in [-0.3, -0.25) is 9.59 Å². The smallest absolute Gasteiger partial charge is 0.311 e. The molecule has 0 saturated carbocycles. The Morgan fingerprint density at radius 2 is 2.20 bits per heavy atom. The van der Waals surface area contributed by atoms with Crippen molar-refractivity contribution in [2.45, 2.75) is 20.3 Å². The normalized spacial score (nSPS) is 21.8. The Hall–Kier alpha value is -2.04. The van der Waals surface area contributed by atoms with Gasteiger partial charge in [-0.1, -0.05) is 12.1 Å². The van der Waals surface area contributed by atoms with Crippen LogP contribution >= 0.6 is 0 Å². The summed E-state index contributed by atoms with van der Waals surface area (Å²) in [7, 11) is 0. The minimum Gasteiger partial charge on any atom is -0.484 e. The zero-order valence-corrected chi connectivity index (χ0v) is 11.8. The standard InChI is InChI=1S/C15H19NO4/c1-11-4-3-5-12(8-11)20-9-13(17)16-7-6-15(2,10-16)14(18)19/h3-5,8H,6-7,9-10H2,1-2H3,(H,18,19)/t15-/m1/s1. The second-order valence-corrected chi connectivity index (χ2v) is 5.54. The summed E-state index contributed by atoms with van der Waals surface area (Å²) in [5.74, 6) is -0.373. The van der Waals surface area contributed by atoms with Gasteiger partial charge in [0.1, 0.15) is 5.75 Å². The van der Waals surface area contributed by atoms with Crippen molar-refractivity contribution in [3.8, 4) is 5.75 Å². The highest BCUT2D eigenvalue weighted by molar-refractivity contribution is 5.81. The second kappa shape index (κ2) is 5.53. The number of carbonyl (C=O) groups is 2. The van der Waals surface area contributed by atoms with Gasteiger partial charge < -0.3 is 14.7 Å². The molecule has 5 heteroatoms. The highest BCUT2D eigenvalue weighted by Crippen LogP contribution is 2.30. The molecule has 20 heavy (non-hydrogen) atoms. The van der Waals surface area contributed by atoms with E-state index < -0.39 is 11.4 Å². The molecular weight excluding hydrogens is 258 g/mol. The number of amides is 1. The van der Waals surface area contributed by atoms with Crippen molar-refractivity contribution >= 4 is 11.9 Å². The van der Waals surface area contributed by atoms with Crippen molar-refractivity contribution in [2.75, 3.05) is 19.7 Å². The Labute approximate surface area is 118 Å². The topological polar surface area (TPSA) is 66.8 Å². The van der Waals surface area contributed by atoms with E-state index in [1.165, 1.54) is 0 Å². The largest absolute Gasteiger partial charge is 0.484 e. The van der Waals surface area contributed by atoms with Crippen LogP contribution in [-0.4, -0.2) is 41.6 Å². The van der Waals surface area contributed by atoms with Crippen molar-refractivity contribution in [3.63, 3.8) is 0 Å². The molecule has 1 N–H and O–H groups in total. The molecule has 0 aromatic heterocycles. The minimum atomic E-state index is -0.854. The predicted molar refractivity (Wildman–Crippen MR) is 73.6 cm³/mol. The Morgan fingerprint density at radius 1 is 1.45 bits per heavy atom. The minimum absolute atomic E-state index is 0.0564. The monoisotopic (exact) mass is 277 g/mol. The third-order valence-corrected chi connectivity index (χ3v) is 3.69.